The van der Waals surface area contributed by atoms with E-state index in [1.54, 1.807) is 38.1 Å². The zero-order chi connectivity index (χ0) is 32.3. The number of nitrogens with zero attached hydrogens (tertiary/aromatic N) is 3. The minimum atomic E-state index is -4.74. The Labute approximate surface area is 256 Å². The van der Waals surface area contributed by atoms with Gasteiger partial charge in [-0.3, -0.25) is 14.4 Å². The first-order valence-corrected chi connectivity index (χ1v) is 14.2. The first-order valence-electron chi connectivity index (χ1n) is 13.8. The predicted molar refractivity (Wildman–Crippen MR) is 154 cm³/mol. The SMILES string of the molecule is CC(=O)CC([C@H]1CC[C@@H](c2cccc(Cl)c2)N1C(=O)[C@@H](C)NC(=O)c1ccc(Oc2cc(C)n[nH]c2=O)c(C)n1)C(F)(F)F. The summed E-state index contributed by atoms with van der Waals surface area (Å²) in [5.74, 6) is -4.03. The zero-order valence-electron chi connectivity index (χ0n) is 24.4. The highest BCUT2D eigenvalue weighted by molar-refractivity contribution is 6.30. The lowest BCUT2D eigenvalue weighted by molar-refractivity contribution is -0.194. The lowest BCUT2D eigenvalue weighted by atomic mass is 9.91. The number of aromatic nitrogens is 3. The van der Waals surface area contributed by atoms with Crippen LogP contribution in [-0.4, -0.2) is 55.9 Å². The van der Waals surface area contributed by atoms with E-state index in [0.29, 0.717) is 16.3 Å². The average Bonchev–Trinajstić information content (AvgIpc) is 3.38. The summed E-state index contributed by atoms with van der Waals surface area (Å²) in [5.41, 5.74) is 0.690. The van der Waals surface area contributed by atoms with Crippen molar-refractivity contribution in [1.82, 2.24) is 25.4 Å². The highest BCUT2D eigenvalue weighted by Crippen LogP contribution is 2.45. The quantitative estimate of drug-likeness (QED) is 0.329. The molecule has 0 saturated carbocycles. The van der Waals surface area contributed by atoms with Crippen LogP contribution < -0.4 is 15.6 Å². The smallest absolute Gasteiger partial charge is 0.394 e. The Bertz CT molecular complexity index is 1630. The fourth-order valence-electron chi connectivity index (χ4n) is 5.39. The highest BCUT2D eigenvalue weighted by Gasteiger charge is 2.52. The maximum atomic E-state index is 14.2. The van der Waals surface area contributed by atoms with Gasteiger partial charge < -0.3 is 19.7 Å². The van der Waals surface area contributed by atoms with Crippen molar-refractivity contribution in [2.24, 2.45) is 5.92 Å². The van der Waals surface area contributed by atoms with Crippen LogP contribution in [0.25, 0.3) is 0 Å². The largest absolute Gasteiger partial charge is 0.450 e. The minimum absolute atomic E-state index is 0.00307. The zero-order valence-corrected chi connectivity index (χ0v) is 25.1. The van der Waals surface area contributed by atoms with Gasteiger partial charge in [0.25, 0.3) is 5.91 Å². The van der Waals surface area contributed by atoms with Crippen LogP contribution >= 0.6 is 11.6 Å². The molecular weight excluding hydrogens is 603 g/mol. The van der Waals surface area contributed by atoms with Crippen LogP contribution in [0.4, 0.5) is 13.2 Å². The molecule has 2 amide bonds. The number of halogens is 4. The molecule has 234 valence electrons. The van der Waals surface area contributed by atoms with E-state index in [9.17, 15) is 32.3 Å². The van der Waals surface area contributed by atoms with Crippen LogP contribution in [0.15, 0.2) is 47.3 Å². The molecule has 3 aromatic rings. The van der Waals surface area contributed by atoms with Crippen molar-refractivity contribution in [3.05, 3.63) is 80.5 Å². The molecule has 1 aliphatic rings. The summed E-state index contributed by atoms with van der Waals surface area (Å²) < 4.78 is 48.3. The summed E-state index contributed by atoms with van der Waals surface area (Å²) in [7, 11) is 0. The van der Waals surface area contributed by atoms with Crippen molar-refractivity contribution < 1.29 is 32.3 Å². The summed E-state index contributed by atoms with van der Waals surface area (Å²) in [6.45, 7) is 5.68. The molecule has 1 fully saturated rings. The topological polar surface area (TPSA) is 134 Å². The number of carbonyl (C=O) groups is 3. The third kappa shape index (κ3) is 7.44. The molecule has 4 atom stereocenters. The summed E-state index contributed by atoms with van der Waals surface area (Å²) in [6, 6.07) is 7.39. The van der Waals surface area contributed by atoms with Gasteiger partial charge in [-0.2, -0.15) is 18.3 Å². The number of alkyl halides is 3. The molecule has 4 rings (SSSR count). The van der Waals surface area contributed by atoms with Crippen LogP contribution in [0.3, 0.4) is 0 Å². The number of ether oxygens (including phenoxy) is 1. The molecule has 0 spiro atoms. The van der Waals surface area contributed by atoms with Gasteiger partial charge in [-0.1, -0.05) is 23.7 Å². The normalized spacial score (nSPS) is 18.0. The van der Waals surface area contributed by atoms with Crippen LogP contribution in [0.2, 0.25) is 5.02 Å². The standard InChI is InChI=1S/C30H31ClF3N5O5/c1-15-12-26(28(42)38-37-15)44-25-11-8-22(35-17(25)3)27(41)36-18(4)29(43)39-23(19-6-5-7-20(31)14-19)9-10-24(39)21(13-16(2)40)30(32,33)34/h5-8,11-12,14,18,21,23-24H,9-10,13H2,1-4H3,(H,36,41)(H,38,42)/t18-,21?,23+,24-/m1/s1. The third-order valence-corrected chi connectivity index (χ3v) is 7.65. The second kappa shape index (κ2) is 13.2. The van der Waals surface area contributed by atoms with Gasteiger partial charge in [0.2, 0.25) is 5.91 Å². The van der Waals surface area contributed by atoms with Gasteiger partial charge in [-0.05, 0) is 70.4 Å². The van der Waals surface area contributed by atoms with E-state index in [2.05, 4.69) is 20.5 Å². The Balaban J connectivity index is 1.58. The van der Waals surface area contributed by atoms with Gasteiger partial charge in [0, 0.05) is 23.6 Å². The molecule has 14 heteroatoms. The Morgan fingerprint density at radius 1 is 1.14 bits per heavy atom. The van der Waals surface area contributed by atoms with E-state index in [0.717, 1.165) is 11.8 Å². The minimum Gasteiger partial charge on any atom is -0.450 e. The second-order valence-corrected chi connectivity index (χ2v) is 11.2. The van der Waals surface area contributed by atoms with Crippen molar-refractivity contribution in [3.8, 4) is 11.5 Å². The number of rotatable bonds is 9. The van der Waals surface area contributed by atoms with E-state index < -0.39 is 59.8 Å². The predicted octanol–water partition coefficient (Wildman–Crippen LogP) is 5.24. The van der Waals surface area contributed by atoms with Gasteiger partial charge in [0.05, 0.1) is 23.3 Å². The summed E-state index contributed by atoms with van der Waals surface area (Å²) in [6.07, 6.45) is -5.30. The number of hydrogen-bond donors (Lipinski definition) is 2. The van der Waals surface area contributed by atoms with E-state index in [1.165, 1.54) is 25.1 Å². The number of amides is 2. The van der Waals surface area contributed by atoms with Crippen LogP contribution in [0.1, 0.15) is 66.6 Å². The molecule has 44 heavy (non-hydrogen) atoms. The summed E-state index contributed by atoms with van der Waals surface area (Å²) in [5, 5.41) is 8.97. The molecule has 0 bridgehead atoms. The van der Waals surface area contributed by atoms with Crippen LogP contribution in [-0.2, 0) is 9.59 Å². The molecule has 0 radical (unpaired) electrons. The van der Waals surface area contributed by atoms with Gasteiger partial charge in [0.15, 0.2) is 5.75 Å². The van der Waals surface area contributed by atoms with Crippen molar-refractivity contribution in [2.75, 3.05) is 0 Å². The van der Waals surface area contributed by atoms with Crippen molar-refractivity contribution in [2.45, 2.75) is 71.3 Å². The molecule has 2 N–H and O–H groups in total. The first-order chi connectivity index (χ1) is 20.6. The van der Waals surface area contributed by atoms with Gasteiger partial charge in [-0.25, -0.2) is 10.1 Å². The average molecular weight is 634 g/mol. The molecule has 1 saturated heterocycles. The fourth-order valence-corrected chi connectivity index (χ4v) is 5.58. The number of H-pyrrole nitrogens is 1. The van der Waals surface area contributed by atoms with Gasteiger partial charge in [-0.15, -0.1) is 0 Å². The lowest BCUT2D eigenvalue weighted by Crippen LogP contribution is -2.53. The number of benzene rings is 1. The van der Waals surface area contributed by atoms with E-state index >= 15 is 0 Å². The highest BCUT2D eigenvalue weighted by atomic mass is 35.5. The number of likely N-dealkylation sites (tertiary alicyclic amines) is 1. The number of nitrogens with one attached hydrogen (secondary N) is 2. The molecule has 3 heterocycles. The van der Waals surface area contributed by atoms with Crippen LogP contribution in [0, 0.1) is 19.8 Å². The van der Waals surface area contributed by atoms with Crippen molar-refractivity contribution in [1.29, 1.82) is 0 Å². The number of aromatic amines is 1. The molecule has 1 aromatic carbocycles. The van der Waals surface area contributed by atoms with E-state index in [1.807, 2.05) is 0 Å². The summed E-state index contributed by atoms with van der Waals surface area (Å²) in [4.78, 5) is 56.2. The maximum absolute atomic E-state index is 14.2. The Hall–Kier alpha value is -4.26. The Morgan fingerprint density at radius 2 is 1.86 bits per heavy atom. The number of hydrogen-bond acceptors (Lipinski definition) is 7. The number of ketones is 1. The summed E-state index contributed by atoms with van der Waals surface area (Å²) >= 11 is 6.15. The van der Waals surface area contributed by atoms with Crippen molar-refractivity contribution >= 4 is 29.2 Å². The van der Waals surface area contributed by atoms with Crippen molar-refractivity contribution in [3.63, 3.8) is 0 Å². The monoisotopic (exact) mass is 633 g/mol. The molecule has 1 aliphatic heterocycles. The molecule has 2 aromatic heterocycles. The molecular formula is C30H31ClF3N5O5. The Kier molecular flexibility index (Phi) is 9.77. The van der Waals surface area contributed by atoms with Gasteiger partial charge in [0.1, 0.15) is 23.3 Å². The molecule has 1 unspecified atom stereocenters. The fraction of sp³-hybridized carbons (Fsp3) is 0.400. The second-order valence-electron chi connectivity index (χ2n) is 10.8. The van der Waals surface area contributed by atoms with Gasteiger partial charge >= 0.3 is 11.7 Å². The lowest BCUT2D eigenvalue weighted by Gasteiger charge is -2.37. The first kappa shape index (κ1) is 32.6. The molecule has 10 nitrogen and oxygen atoms in total. The van der Waals surface area contributed by atoms with Crippen LogP contribution in [0.5, 0.6) is 11.5 Å². The third-order valence-electron chi connectivity index (χ3n) is 7.41. The number of aryl methyl sites for hydroxylation is 2. The van der Waals surface area contributed by atoms with E-state index in [4.69, 9.17) is 16.3 Å². The number of pyridine rings is 1. The number of Topliss-reactive ketones (excluding diaryl/α,β-unsaturated/α-hetero) is 1. The maximum Gasteiger partial charge on any atom is 0.394 e. The Morgan fingerprint density at radius 3 is 2.50 bits per heavy atom. The number of carbonyl (C=O) groups excluding carboxylic acids is 3. The molecule has 0 aliphatic carbocycles. The van der Waals surface area contributed by atoms with E-state index in [-0.39, 0.29) is 35.7 Å².